The number of ether oxygens (including phenoxy) is 1. The molecular formula is C25H26N2O3. The van der Waals surface area contributed by atoms with E-state index in [-0.39, 0.29) is 12.0 Å². The number of likely N-dealkylation sites (tertiary alicyclic amines) is 1. The Morgan fingerprint density at radius 2 is 1.70 bits per heavy atom. The SMILES string of the molecule is O=C(O)C1CCN(C(c2ccc(OCc3ccccc3)cc2)c2ccccn2)CC1. The van der Waals surface area contributed by atoms with Gasteiger partial charge in [-0.3, -0.25) is 14.7 Å². The minimum absolute atomic E-state index is 0.00381. The van der Waals surface area contributed by atoms with Crippen LogP contribution >= 0.6 is 0 Å². The zero-order valence-corrected chi connectivity index (χ0v) is 16.9. The summed E-state index contributed by atoms with van der Waals surface area (Å²) < 4.78 is 5.92. The van der Waals surface area contributed by atoms with Crippen molar-refractivity contribution < 1.29 is 14.6 Å². The summed E-state index contributed by atoms with van der Waals surface area (Å²) in [6, 6.07) is 24.2. The van der Waals surface area contributed by atoms with Gasteiger partial charge in [-0.1, -0.05) is 48.5 Å². The third kappa shape index (κ3) is 4.86. The third-order valence-electron chi connectivity index (χ3n) is 5.66. The van der Waals surface area contributed by atoms with Crippen LogP contribution in [-0.4, -0.2) is 34.0 Å². The Bertz CT molecular complexity index is 937. The maximum Gasteiger partial charge on any atom is 0.306 e. The fourth-order valence-corrected chi connectivity index (χ4v) is 4.00. The molecule has 5 nitrogen and oxygen atoms in total. The molecule has 1 aliphatic rings. The number of nitrogens with zero attached hydrogens (tertiary/aromatic N) is 2. The summed E-state index contributed by atoms with van der Waals surface area (Å²) in [5.74, 6) is -0.115. The molecule has 1 fully saturated rings. The molecule has 3 aromatic rings. The molecule has 0 radical (unpaired) electrons. The molecule has 1 N–H and O–H groups in total. The molecule has 1 unspecified atom stereocenters. The molecule has 0 aliphatic carbocycles. The van der Waals surface area contributed by atoms with Crippen molar-refractivity contribution >= 4 is 5.97 Å². The molecule has 1 aliphatic heterocycles. The van der Waals surface area contributed by atoms with E-state index in [1.807, 2.05) is 66.9 Å². The van der Waals surface area contributed by atoms with Gasteiger partial charge < -0.3 is 9.84 Å². The number of aromatic nitrogens is 1. The molecule has 0 spiro atoms. The Kier molecular flexibility index (Phi) is 6.40. The maximum atomic E-state index is 11.3. The normalized spacial score (nSPS) is 16.1. The Morgan fingerprint density at radius 1 is 1.00 bits per heavy atom. The van der Waals surface area contributed by atoms with Gasteiger partial charge in [-0.05, 0) is 61.3 Å². The molecule has 0 amide bonds. The number of hydrogen-bond donors (Lipinski definition) is 1. The van der Waals surface area contributed by atoms with Crippen molar-refractivity contribution in [2.45, 2.75) is 25.5 Å². The predicted molar refractivity (Wildman–Crippen MR) is 115 cm³/mol. The van der Waals surface area contributed by atoms with Gasteiger partial charge in [-0.15, -0.1) is 0 Å². The maximum absolute atomic E-state index is 11.3. The molecule has 5 heteroatoms. The number of carboxylic acid groups (broad SMARTS) is 1. The lowest BCUT2D eigenvalue weighted by molar-refractivity contribution is -0.143. The summed E-state index contributed by atoms with van der Waals surface area (Å²) in [4.78, 5) is 18.3. The number of piperidine rings is 1. The second-order valence-corrected chi connectivity index (χ2v) is 7.65. The van der Waals surface area contributed by atoms with Crippen LogP contribution in [0.25, 0.3) is 0 Å². The van der Waals surface area contributed by atoms with Crippen LogP contribution in [0.15, 0.2) is 79.0 Å². The van der Waals surface area contributed by atoms with Crippen molar-refractivity contribution in [3.05, 3.63) is 95.8 Å². The van der Waals surface area contributed by atoms with Gasteiger partial charge in [0.15, 0.2) is 0 Å². The first-order chi connectivity index (χ1) is 14.7. The van der Waals surface area contributed by atoms with E-state index in [0.717, 1.165) is 35.7 Å². The molecule has 1 atom stereocenters. The summed E-state index contributed by atoms with van der Waals surface area (Å²) in [5.41, 5.74) is 3.24. The number of carbonyl (C=O) groups is 1. The molecule has 1 saturated heterocycles. The highest BCUT2D eigenvalue weighted by molar-refractivity contribution is 5.70. The number of pyridine rings is 1. The Morgan fingerprint density at radius 3 is 2.33 bits per heavy atom. The highest BCUT2D eigenvalue weighted by atomic mass is 16.5. The summed E-state index contributed by atoms with van der Waals surface area (Å²) in [5, 5.41) is 9.32. The molecule has 1 aromatic heterocycles. The molecule has 2 aromatic carbocycles. The molecule has 4 rings (SSSR count). The van der Waals surface area contributed by atoms with Crippen LogP contribution in [0.2, 0.25) is 0 Å². The van der Waals surface area contributed by atoms with Crippen LogP contribution in [0, 0.1) is 5.92 Å². The number of carboxylic acids is 1. The Balaban J connectivity index is 1.50. The van der Waals surface area contributed by atoms with Crippen LogP contribution in [0.3, 0.4) is 0 Å². The van der Waals surface area contributed by atoms with E-state index in [1.54, 1.807) is 0 Å². The van der Waals surface area contributed by atoms with E-state index in [0.29, 0.717) is 19.4 Å². The minimum atomic E-state index is -0.691. The molecule has 2 heterocycles. The van der Waals surface area contributed by atoms with E-state index >= 15 is 0 Å². The van der Waals surface area contributed by atoms with Crippen LogP contribution in [0.4, 0.5) is 0 Å². The van der Waals surface area contributed by atoms with Crippen molar-refractivity contribution in [2.75, 3.05) is 13.1 Å². The lowest BCUT2D eigenvalue weighted by Crippen LogP contribution is -2.39. The topological polar surface area (TPSA) is 62.7 Å². The van der Waals surface area contributed by atoms with Crippen molar-refractivity contribution in [2.24, 2.45) is 5.92 Å². The van der Waals surface area contributed by atoms with Crippen LogP contribution in [-0.2, 0) is 11.4 Å². The van der Waals surface area contributed by atoms with E-state index in [9.17, 15) is 9.90 Å². The highest BCUT2D eigenvalue weighted by Crippen LogP contribution is 2.32. The Labute approximate surface area is 177 Å². The zero-order valence-electron chi connectivity index (χ0n) is 16.9. The van der Waals surface area contributed by atoms with Crippen molar-refractivity contribution in [3.63, 3.8) is 0 Å². The van der Waals surface area contributed by atoms with Gasteiger partial charge in [0.2, 0.25) is 0 Å². The van der Waals surface area contributed by atoms with Gasteiger partial charge in [0, 0.05) is 6.20 Å². The third-order valence-corrected chi connectivity index (χ3v) is 5.66. The largest absolute Gasteiger partial charge is 0.489 e. The molecule has 30 heavy (non-hydrogen) atoms. The fraction of sp³-hybridized carbons (Fsp3) is 0.280. The van der Waals surface area contributed by atoms with Gasteiger partial charge in [0.05, 0.1) is 17.7 Å². The fourth-order valence-electron chi connectivity index (χ4n) is 4.00. The first-order valence-corrected chi connectivity index (χ1v) is 10.3. The van der Waals surface area contributed by atoms with Gasteiger partial charge in [-0.2, -0.15) is 0 Å². The number of rotatable bonds is 7. The van der Waals surface area contributed by atoms with Gasteiger partial charge >= 0.3 is 5.97 Å². The predicted octanol–water partition coefficient (Wildman–Crippen LogP) is 4.55. The number of aliphatic carboxylic acids is 1. The van der Waals surface area contributed by atoms with Crippen molar-refractivity contribution in [1.82, 2.24) is 9.88 Å². The van der Waals surface area contributed by atoms with E-state index in [4.69, 9.17) is 4.74 Å². The van der Waals surface area contributed by atoms with Gasteiger partial charge in [0.25, 0.3) is 0 Å². The second-order valence-electron chi connectivity index (χ2n) is 7.65. The van der Waals surface area contributed by atoms with Crippen LogP contribution < -0.4 is 4.74 Å². The van der Waals surface area contributed by atoms with E-state index in [1.165, 1.54) is 0 Å². The lowest BCUT2D eigenvalue weighted by atomic mass is 9.93. The second kappa shape index (κ2) is 9.55. The molecular weight excluding hydrogens is 376 g/mol. The Hall–Kier alpha value is -3.18. The number of hydrogen-bond acceptors (Lipinski definition) is 4. The summed E-state index contributed by atoms with van der Waals surface area (Å²) in [6.45, 7) is 2.02. The van der Waals surface area contributed by atoms with Crippen molar-refractivity contribution in [1.29, 1.82) is 0 Å². The molecule has 0 bridgehead atoms. The monoisotopic (exact) mass is 402 g/mol. The average molecular weight is 402 g/mol. The number of benzene rings is 2. The summed E-state index contributed by atoms with van der Waals surface area (Å²) in [7, 11) is 0. The molecule has 154 valence electrons. The summed E-state index contributed by atoms with van der Waals surface area (Å²) in [6.07, 6.45) is 3.14. The van der Waals surface area contributed by atoms with Gasteiger partial charge in [0.1, 0.15) is 12.4 Å². The smallest absolute Gasteiger partial charge is 0.306 e. The first kappa shape index (κ1) is 20.1. The van der Waals surface area contributed by atoms with Crippen molar-refractivity contribution in [3.8, 4) is 5.75 Å². The highest BCUT2D eigenvalue weighted by Gasteiger charge is 2.30. The average Bonchev–Trinajstić information content (AvgIpc) is 2.80. The standard InChI is InChI=1S/C25H26N2O3/c28-25(29)21-13-16-27(17-14-21)24(23-8-4-5-15-26-23)20-9-11-22(12-10-20)30-18-19-6-2-1-3-7-19/h1-12,15,21,24H,13-14,16-18H2,(H,28,29). The van der Waals surface area contributed by atoms with Crippen LogP contribution in [0.5, 0.6) is 5.75 Å². The zero-order chi connectivity index (χ0) is 20.8. The first-order valence-electron chi connectivity index (χ1n) is 10.3. The molecule has 0 saturated carbocycles. The lowest BCUT2D eigenvalue weighted by Gasteiger charge is -2.36. The quantitative estimate of drug-likeness (QED) is 0.628. The van der Waals surface area contributed by atoms with E-state index < -0.39 is 5.97 Å². The minimum Gasteiger partial charge on any atom is -0.489 e. The van der Waals surface area contributed by atoms with Gasteiger partial charge in [-0.25, -0.2) is 0 Å². The van der Waals surface area contributed by atoms with Crippen LogP contribution in [0.1, 0.15) is 35.7 Å². The summed E-state index contributed by atoms with van der Waals surface area (Å²) >= 11 is 0. The van der Waals surface area contributed by atoms with E-state index in [2.05, 4.69) is 22.0 Å².